The number of esters is 1. The number of carbonyl (C=O) groups excluding carboxylic acids is 1. The lowest BCUT2D eigenvalue weighted by Crippen LogP contribution is -2.30. The van der Waals surface area contributed by atoms with Crippen LogP contribution in [0.3, 0.4) is 0 Å². The predicted molar refractivity (Wildman–Crippen MR) is 52.7 cm³/mol. The normalized spacial score (nSPS) is 28.4. The van der Waals surface area contributed by atoms with Crippen molar-refractivity contribution in [3.05, 3.63) is 0 Å². The Kier molecular flexibility index (Phi) is 3.53. The maximum absolute atomic E-state index is 11.2. The van der Waals surface area contributed by atoms with Gasteiger partial charge < -0.3 is 4.74 Å². The smallest absolute Gasteiger partial charge is 0.302 e. The van der Waals surface area contributed by atoms with E-state index >= 15 is 0 Å². The van der Waals surface area contributed by atoms with Gasteiger partial charge in [0.2, 0.25) is 0 Å². The van der Waals surface area contributed by atoms with Gasteiger partial charge in [0, 0.05) is 13.2 Å². The molecule has 0 aliphatic heterocycles. The van der Waals surface area contributed by atoms with Crippen molar-refractivity contribution < 1.29 is 17.9 Å². The number of rotatable bonds is 2. The Hall–Kier alpha value is -0.580. The topological polar surface area (TPSA) is 60.4 Å². The summed E-state index contributed by atoms with van der Waals surface area (Å²) in [6.07, 6.45) is 3.73. The van der Waals surface area contributed by atoms with Gasteiger partial charge in [-0.25, -0.2) is 8.42 Å². The molecule has 82 valence electrons. The molecule has 1 saturated carbocycles. The molecule has 0 radical (unpaired) electrons. The van der Waals surface area contributed by atoms with Gasteiger partial charge >= 0.3 is 5.97 Å². The number of sulfone groups is 1. The van der Waals surface area contributed by atoms with Crippen molar-refractivity contribution in [2.45, 2.75) is 44.0 Å². The molecular weight excluding hydrogens is 204 g/mol. The highest BCUT2D eigenvalue weighted by atomic mass is 32.2. The van der Waals surface area contributed by atoms with E-state index in [-0.39, 0.29) is 17.3 Å². The summed E-state index contributed by atoms with van der Waals surface area (Å²) < 4.78 is 27.4. The highest BCUT2D eigenvalue weighted by molar-refractivity contribution is 7.91. The van der Waals surface area contributed by atoms with E-state index in [0.29, 0.717) is 25.7 Å². The summed E-state index contributed by atoms with van der Waals surface area (Å²) in [5, 5.41) is -0.241. The quantitative estimate of drug-likeness (QED) is 0.649. The van der Waals surface area contributed by atoms with E-state index in [1.165, 1.54) is 13.2 Å². The van der Waals surface area contributed by atoms with Gasteiger partial charge in [0.25, 0.3) is 0 Å². The molecular formula is C9H16O4S. The van der Waals surface area contributed by atoms with Gasteiger partial charge in [-0.15, -0.1) is 0 Å². The lowest BCUT2D eigenvalue weighted by atomic mass is 9.97. The second kappa shape index (κ2) is 4.29. The standard InChI is InChI=1S/C9H16O4S/c1-7(10)13-8-3-5-9(6-4-8)14(2,11)12/h8-9H,3-6H2,1-2H3. The van der Waals surface area contributed by atoms with Crippen LogP contribution in [0.5, 0.6) is 0 Å². The molecule has 1 aliphatic rings. The summed E-state index contributed by atoms with van der Waals surface area (Å²) in [7, 11) is -2.92. The molecule has 1 rings (SSSR count). The Morgan fingerprint density at radius 3 is 2.07 bits per heavy atom. The van der Waals surface area contributed by atoms with E-state index in [2.05, 4.69) is 0 Å². The van der Waals surface area contributed by atoms with E-state index in [9.17, 15) is 13.2 Å². The molecule has 0 bridgehead atoms. The average molecular weight is 220 g/mol. The van der Waals surface area contributed by atoms with Gasteiger partial charge in [-0.1, -0.05) is 0 Å². The first-order chi connectivity index (χ1) is 6.39. The number of hydrogen-bond acceptors (Lipinski definition) is 4. The van der Waals surface area contributed by atoms with Crippen molar-refractivity contribution in [3.63, 3.8) is 0 Å². The fourth-order valence-electron chi connectivity index (χ4n) is 1.81. The Balaban J connectivity index is 2.43. The van der Waals surface area contributed by atoms with E-state index in [1.54, 1.807) is 0 Å². The molecule has 0 aromatic heterocycles. The number of hydrogen-bond donors (Lipinski definition) is 0. The average Bonchev–Trinajstić information content (AvgIpc) is 2.02. The summed E-state index contributed by atoms with van der Waals surface area (Å²) in [6, 6.07) is 0. The van der Waals surface area contributed by atoms with Crippen molar-refractivity contribution >= 4 is 15.8 Å². The first-order valence-corrected chi connectivity index (χ1v) is 6.71. The third-order valence-electron chi connectivity index (χ3n) is 2.56. The van der Waals surface area contributed by atoms with E-state index < -0.39 is 9.84 Å². The van der Waals surface area contributed by atoms with Crippen LogP contribution in [0, 0.1) is 0 Å². The van der Waals surface area contributed by atoms with Crippen molar-refractivity contribution in [3.8, 4) is 0 Å². The molecule has 4 nitrogen and oxygen atoms in total. The maximum atomic E-state index is 11.2. The Morgan fingerprint density at radius 2 is 1.71 bits per heavy atom. The Morgan fingerprint density at radius 1 is 1.21 bits per heavy atom. The minimum atomic E-state index is -2.92. The molecule has 1 aliphatic carbocycles. The van der Waals surface area contributed by atoms with Crippen molar-refractivity contribution in [1.82, 2.24) is 0 Å². The molecule has 0 heterocycles. The highest BCUT2D eigenvalue weighted by Gasteiger charge is 2.28. The molecule has 0 aromatic rings. The van der Waals surface area contributed by atoms with Crippen LogP contribution in [-0.4, -0.2) is 32.0 Å². The fraction of sp³-hybridized carbons (Fsp3) is 0.889. The minimum Gasteiger partial charge on any atom is -0.463 e. The predicted octanol–water partition coefficient (Wildman–Crippen LogP) is 0.905. The van der Waals surface area contributed by atoms with Gasteiger partial charge in [-0.05, 0) is 25.7 Å². The van der Waals surface area contributed by atoms with Crippen LogP contribution in [0.15, 0.2) is 0 Å². The van der Waals surface area contributed by atoms with Crippen molar-refractivity contribution in [2.75, 3.05) is 6.26 Å². The zero-order chi connectivity index (χ0) is 10.8. The first kappa shape index (κ1) is 11.5. The van der Waals surface area contributed by atoms with Gasteiger partial charge in [-0.3, -0.25) is 4.79 Å². The maximum Gasteiger partial charge on any atom is 0.302 e. The monoisotopic (exact) mass is 220 g/mol. The lowest BCUT2D eigenvalue weighted by molar-refractivity contribution is -0.147. The Labute approximate surface area is 84.6 Å². The summed E-state index contributed by atoms with van der Waals surface area (Å²) >= 11 is 0. The van der Waals surface area contributed by atoms with Crippen LogP contribution in [0.25, 0.3) is 0 Å². The minimum absolute atomic E-state index is 0.0782. The molecule has 14 heavy (non-hydrogen) atoms. The van der Waals surface area contributed by atoms with E-state index in [4.69, 9.17) is 4.74 Å². The molecule has 0 N–H and O–H groups in total. The number of ether oxygens (including phenoxy) is 1. The molecule has 0 saturated heterocycles. The molecule has 0 atom stereocenters. The van der Waals surface area contributed by atoms with Crippen LogP contribution in [-0.2, 0) is 19.4 Å². The zero-order valence-corrected chi connectivity index (χ0v) is 9.34. The largest absolute Gasteiger partial charge is 0.463 e. The van der Waals surface area contributed by atoms with E-state index in [1.807, 2.05) is 0 Å². The van der Waals surface area contributed by atoms with Crippen molar-refractivity contribution in [2.24, 2.45) is 0 Å². The van der Waals surface area contributed by atoms with Gasteiger partial charge in [0.1, 0.15) is 15.9 Å². The fourth-order valence-corrected chi connectivity index (χ4v) is 2.94. The second-order valence-electron chi connectivity index (χ2n) is 3.84. The molecule has 0 unspecified atom stereocenters. The van der Waals surface area contributed by atoms with Gasteiger partial charge in [0.05, 0.1) is 5.25 Å². The second-order valence-corrected chi connectivity index (χ2v) is 6.16. The third-order valence-corrected chi connectivity index (χ3v) is 4.24. The molecule has 5 heteroatoms. The Bertz CT molecular complexity index is 299. The SMILES string of the molecule is CC(=O)OC1CCC(S(C)(=O)=O)CC1. The van der Waals surface area contributed by atoms with E-state index in [0.717, 1.165) is 0 Å². The highest BCUT2D eigenvalue weighted by Crippen LogP contribution is 2.25. The molecule has 0 amide bonds. The van der Waals surface area contributed by atoms with Crippen molar-refractivity contribution in [1.29, 1.82) is 0 Å². The number of carbonyl (C=O) groups is 1. The molecule has 1 fully saturated rings. The zero-order valence-electron chi connectivity index (χ0n) is 8.52. The van der Waals surface area contributed by atoms with Crippen LogP contribution < -0.4 is 0 Å². The van der Waals surface area contributed by atoms with Crippen LogP contribution in [0.2, 0.25) is 0 Å². The first-order valence-electron chi connectivity index (χ1n) is 4.75. The molecule has 0 spiro atoms. The van der Waals surface area contributed by atoms with Gasteiger partial charge in [0.15, 0.2) is 0 Å². The summed E-state index contributed by atoms with van der Waals surface area (Å²) in [5.74, 6) is -0.284. The summed E-state index contributed by atoms with van der Waals surface area (Å²) in [6.45, 7) is 1.38. The molecule has 0 aromatic carbocycles. The summed E-state index contributed by atoms with van der Waals surface area (Å²) in [5.41, 5.74) is 0. The third kappa shape index (κ3) is 3.29. The van der Waals surface area contributed by atoms with Gasteiger partial charge in [-0.2, -0.15) is 0 Å². The van der Waals surface area contributed by atoms with Crippen LogP contribution in [0.4, 0.5) is 0 Å². The van der Waals surface area contributed by atoms with Crippen LogP contribution in [0.1, 0.15) is 32.6 Å². The van der Waals surface area contributed by atoms with Crippen LogP contribution >= 0.6 is 0 Å². The summed E-state index contributed by atoms with van der Waals surface area (Å²) in [4.78, 5) is 10.6. The lowest BCUT2D eigenvalue weighted by Gasteiger charge is -2.26.